The van der Waals surface area contributed by atoms with Gasteiger partial charge in [0.15, 0.2) is 0 Å². The summed E-state index contributed by atoms with van der Waals surface area (Å²) in [5.41, 5.74) is 6.71. The van der Waals surface area contributed by atoms with Crippen LogP contribution in [0, 0.1) is 6.92 Å². The quantitative estimate of drug-likeness (QED) is 0.579. The maximum Gasteiger partial charge on any atom is 0.128 e. The molecule has 0 radical (unpaired) electrons. The van der Waals surface area contributed by atoms with Crippen LogP contribution in [0.2, 0.25) is 0 Å². The number of benzene rings is 1. The Bertz CT molecular complexity index is 1110. The second-order valence-corrected chi connectivity index (χ2v) is 7.18. The van der Waals surface area contributed by atoms with Crippen LogP contribution in [0.4, 0.5) is 5.82 Å². The van der Waals surface area contributed by atoms with Crippen LogP contribution in [0.15, 0.2) is 60.9 Å². The molecule has 0 amide bonds. The first-order chi connectivity index (χ1) is 13.8. The normalized spacial score (nSPS) is 14.5. The Kier molecular flexibility index (Phi) is 4.29. The molecule has 5 heteroatoms. The van der Waals surface area contributed by atoms with Crippen molar-refractivity contribution < 1.29 is 4.74 Å². The third-order valence-electron chi connectivity index (χ3n) is 5.24. The number of nitrogens with zero attached hydrogens (tertiary/aromatic N) is 3. The number of rotatable bonds is 3. The van der Waals surface area contributed by atoms with Crippen LogP contribution in [-0.2, 0) is 4.74 Å². The summed E-state index contributed by atoms with van der Waals surface area (Å²) in [5.74, 6) is 1.01. The average Bonchev–Trinajstić information content (AvgIpc) is 3.18. The van der Waals surface area contributed by atoms with Gasteiger partial charge in [-0.05, 0) is 60.5 Å². The van der Waals surface area contributed by atoms with E-state index in [1.54, 1.807) is 0 Å². The fourth-order valence-electron chi connectivity index (χ4n) is 3.72. The standard InChI is InChI=1S/C23H22N4O/c1-16-12-18(6-7-24-16)17-2-4-21-20(13-17)14-22(26-21)19-3-5-23(25-15-19)27-8-10-28-11-9-27/h2-7,12-15,26H,8-11H2,1H3. The van der Waals surface area contributed by atoms with Gasteiger partial charge in [0, 0.05) is 53.3 Å². The SMILES string of the molecule is Cc1cc(-c2ccc3[nH]c(-c4ccc(N5CCOCC5)nc4)cc3c2)ccn1. The predicted molar refractivity (Wildman–Crippen MR) is 113 cm³/mol. The summed E-state index contributed by atoms with van der Waals surface area (Å²) in [6, 6.07) is 17.1. The van der Waals surface area contributed by atoms with Gasteiger partial charge in [-0.25, -0.2) is 4.98 Å². The Morgan fingerprint density at radius 1 is 0.893 bits per heavy atom. The molecule has 5 rings (SSSR count). The van der Waals surface area contributed by atoms with Crippen molar-refractivity contribution in [1.29, 1.82) is 0 Å². The zero-order chi connectivity index (χ0) is 18.9. The molecule has 1 aromatic carbocycles. The lowest BCUT2D eigenvalue weighted by Gasteiger charge is -2.27. The second-order valence-electron chi connectivity index (χ2n) is 7.18. The van der Waals surface area contributed by atoms with Crippen molar-refractivity contribution >= 4 is 16.7 Å². The lowest BCUT2D eigenvalue weighted by Crippen LogP contribution is -2.36. The molecule has 0 saturated carbocycles. The van der Waals surface area contributed by atoms with Crippen LogP contribution in [0.1, 0.15) is 5.69 Å². The number of fused-ring (bicyclic) bond motifs is 1. The smallest absolute Gasteiger partial charge is 0.128 e. The number of hydrogen-bond acceptors (Lipinski definition) is 4. The second kappa shape index (κ2) is 7.09. The molecule has 0 unspecified atom stereocenters. The Balaban J connectivity index is 1.44. The predicted octanol–water partition coefficient (Wildman–Crippen LogP) is 4.44. The molecule has 140 valence electrons. The van der Waals surface area contributed by atoms with E-state index in [4.69, 9.17) is 4.74 Å². The monoisotopic (exact) mass is 370 g/mol. The van der Waals surface area contributed by atoms with Gasteiger partial charge in [-0.15, -0.1) is 0 Å². The average molecular weight is 370 g/mol. The maximum absolute atomic E-state index is 5.42. The lowest BCUT2D eigenvalue weighted by molar-refractivity contribution is 0.122. The van der Waals surface area contributed by atoms with Crippen molar-refractivity contribution in [3.05, 3.63) is 66.6 Å². The number of hydrogen-bond donors (Lipinski definition) is 1. The van der Waals surface area contributed by atoms with Gasteiger partial charge in [0.2, 0.25) is 0 Å². The van der Waals surface area contributed by atoms with E-state index in [-0.39, 0.29) is 0 Å². The summed E-state index contributed by atoms with van der Waals surface area (Å²) in [7, 11) is 0. The van der Waals surface area contributed by atoms with Crippen LogP contribution in [-0.4, -0.2) is 41.3 Å². The van der Waals surface area contributed by atoms with Gasteiger partial charge in [-0.2, -0.15) is 0 Å². The molecule has 1 saturated heterocycles. The summed E-state index contributed by atoms with van der Waals surface area (Å²) in [6.45, 7) is 5.35. The number of morpholine rings is 1. The molecule has 3 aromatic heterocycles. The lowest BCUT2D eigenvalue weighted by atomic mass is 10.0. The number of ether oxygens (including phenoxy) is 1. The van der Waals surface area contributed by atoms with E-state index in [0.717, 1.165) is 54.6 Å². The molecule has 0 aliphatic carbocycles. The molecule has 4 heterocycles. The van der Waals surface area contributed by atoms with Crippen molar-refractivity contribution in [2.75, 3.05) is 31.2 Å². The summed E-state index contributed by atoms with van der Waals surface area (Å²) >= 11 is 0. The fraction of sp³-hybridized carbons (Fsp3) is 0.217. The molecule has 1 fully saturated rings. The summed E-state index contributed by atoms with van der Waals surface area (Å²) in [5, 5.41) is 1.19. The van der Waals surface area contributed by atoms with E-state index >= 15 is 0 Å². The van der Waals surface area contributed by atoms with Crippen LogP contribution >= 0.6 is 0 Å². The van der Waals surface area contributed by atoms with Crippen molar-refractivity contribution in [1.82, 2.24) is 15.0 Å². The van der Waals surface area contributed by atoms with Crippen molar-refractivity contribution in [2.24, 2.45) is 0 Å². The number of anilines is 1. The molecule has 5 nitrogen and oxygen atoms in total. The Morgan fingerprint density at radius 2 is 1.71 bits per heavy atom. The van der Waals surface area contributed by atoms with Crippen molar-refractivity contribution in [3.8, 4) is 22.4 Å². The van der Waals surface area contributed by atoms with Gasteiger partial charge in [0.25, 0.3) is 0 Å². The molecule has 0 bridgehead atoms. The number of nitrogens with one attached hydrogen (secondary N) is 1. The first-order valence-electron chi connectivity index (χ1n) is 9.61. The van der Waals surface area contributed by atoms with E-state index in [9.17, 15) is 0 Å². The van der Waals surface area contributed by atoms with Crippen LogP contribution in [0.3, 0.4) is 0 Å². The molecule has 1 aliphatic rings. The fourth-order valence-corrected chi connectivity index (χ4v) is 3.72. The minimum absolute atomic E-state index is 0.769. The molecule has 1 aliphatic heterocycles. The number of aryl methyl sites for hydroxylation is 1. The van der Waals surface area contributed by atoms with Crippen molar-refractivity contribution in [3.63, 3.8) is 0 Å². The molecular weight excluding hydrogens is 348 g/mol. The van der Waals surface area contributed by atoms with Gasteiger partial charge in [-0.3, -0.25) is 4.98 Å². The minimum Gasteiger partial charge on any atom is -0.378 e. The van der Waals surface area contributed by atoms with Gasteiger partial charge in [0.1, 0.15) is 5.82 Å². The highest BCUT2D eigenvalue weighted by Gasteiger charge is 2.13. The van der Waals surface area contributed by atoms with Crippen molar-refractivity contribution in [2.45, 2.75) is 6.92 Å². The number of pyridine rings is 2. The number of H-pyrrole nitrogens is 1. The van der Waals surface area contributed by atoms with Gasteiger partial charge >= 0.3 is 0 Å². The van der Waals surface area contributed by atoms with Crippen LogP contribution < -0.4 is 4.90 Å². The van der Waals surface area contributed by atoms with E-state index in [0.29, 0.717) is 0 Å². The highest BCUT2D eigenvalue weighted by molar-refractivity contribution is 5.89. The largest absolute Gasteiger partial charge is 0.378 e. The molecule has 28 heavy (non-hydrogen) atoms. The third-order valence-corrected chi connectivity index (χ3v) is 5.24. The van der Waals surface area contributed by atoms with E-state index in [1.807, 2.05) is 19.3 Å². The molecule has 4 aromatic rings. The van der Waals surface area contributed by atoms with E-state index < -0.39 is 0 Å². The zero-order valence-electron chi connectivity index (χ0n) is 15.9. The van der Waals surface area contributed by atoms with Crippen LogP contribution in [0.25, 0.3) is 33.3 Å². The molecule has 1 N–H and O–H groups in total. The molecule has 0 atom stereocenters. The van der Waals surface area contributed by atoms with Gasteiger partial charge in [-0.1, -0.05) is 6.07 Å². The molecule has 0 spiro atoms. The number of aromatic nitrogens is 3. The van der Waals surface area contributed by atoms with E-state index in [1.165, 1.54) is 16.5 Å². The minimum atomic E-state index is 0.769. The molecular formula is C23H22N4O. The van der Waals surface area contributed by atoms with Crippen LogP contribution in [0.5, 0.6) is 0 Å². The summed E-state index contributed by atoms with van der Waals surface area (Å²) in [4.78, 5) is 14.7. The van der Waals surface area contributed by atoms with Gasteiger partial charge < -0.3 is 14.6 Å². The third kappa shape index (κ3) is 3.25. The first-order valence-corrected chi connectivity index (χ1v) is 9.61. The highest BCUT2D eigenvalue weighted by Crippen LogP contribution is 2.29. The summed E-state index contributed by atoms with van der Waals surface area (Å²) < 4.78 is 5.42. The topological polar surface area (TPSA) is 54.0 Å². The Morgan fingerprint density at radius 3 is 2.50 bits per heavy atom. The van der Waals surface area contributed by atoms with E-state index in [2.05, 4.69) is 68.4 Å². The number of aromatic amines is 1. The Hall–Kier alpha value is -3.18. The van der Waals surface area contributed by atoms with Gasteiger partial charge in [0.05, 0.1) is 13.2 Å². The zero-order valence-corrected chi connectivity index (χ0v) is 15.9. The first kappa shape index (κ1) is 17.0. The Labute approximate surface area is 164 Å². The summed E-state index contributed by atoms with van der Waals surface area (Å²) in [6.07, 6.45) is 3.81. The maximum atomic E-state index is 5.42. The highest BCUT2D eigenvalue weighted by atomic mass is 16.5.